The Morgan fingerprint density at radius 1 is 1.03 bits per heavy atom. The zero-order chi connectivity index (χ0) is 24.5. The molecule has 180 valence electrons. The molecule has 32 heavy (non-hydrogen) atoms. The molecule has 9 heteroatoms. The van der Waals surface area contributed by atoms with E-state index in [0.717, 1.165) is 5.56 Å². The number of piperazine rings is 1. The molecule has 0 aromatic heterocycles. The highest BCUT2D eigenvalue weighted by Crippen LogP contribution is 2.21. The monoisotopic (exact) mass is 450 g/mol. The van der Waals surface area contributed by atoms with E-state index < -0.39 is 23.8 Å². The lowest BCUT2D eigenvalue weighted by Gasteiger charge is -2.44. The molecule has 0 saturated carbocycles. The summed E-state index contributed by atoms with van der Waals surface area (Å²) in [5, 5.41) is 2.75. The summed E-state index contributed by atoms with van der Waals surface area (Å²) in [7, 11) is 6.98. The van der Waals surface area contributed by atoms with Gasteiger partial charge < -0.3 is 24.6 Å². The van der Waals surface area contributed by atoms with Crippen LogP contribution in [0.4, 0.5) is 9.59 Å². The molecule has 9 nitrogen and oxygen atoms in total. The third-order valence-electron chi connectivity index (χ3n) is 4.53. The summed E-state index contributed by atoms with van der Waals surface area (Å²) in [6, 6.07) is 8.18. The molecule has 1 aliphatic heterocycles. The molecule has 0 bridgehead atoms. The van der Waals surface area contributed by atoms with Gasteiger partial charge in [-0.1, -0.05) is 30.3 Å². The van der Waals surface area contributed by atoms with E-state index in [2.05, 4.69) is 5.32 Å². The summed E-state index contributed by atoms with van der Waals surface area (Å²) >= 11 is 0. The van der Waals surface area contributed by atoms with Crippen LogP contribution >= 0.6 is 0 Å². The van der Waals surface area contributed by atoms with E-state index in [1.165, 1.54) is 14.7 Å². The van der Waals surface area contributed by atoms with E-state index >= 15 is 0 Å². The van der Waals surface area contributed by atoms with Crippen molar-refractivity contribution in [3.8, 4) is 0 Å². The fourth-order valence-electron chi connectivity index (χ4n) is 3.06. The molecule has 1 aliphatic rings. The largest absolute Gasteiger partial charge is 0.445 e. The highest BCUT2D eigenvalue weighted by atomic mass is 16.6. The smallest absolute Gasteiger partial charge is 0.410 e. The molecule has 1 fully saturated rings. The number of hydrogen-bond acceptors (Lipinski definition) is 6. The zero-order valence-corrected chi connectivity index (χ0v) is 20.5. The maximum Gasteiger partial charge on any atom is 0.410 e. The predicted octanol–water partition coefficient (Wildman–Crippen LogP) is 2.56. The van der Waals surface area contributed by atoms with Crippen LogP contribution < -0.4 is 5.32 Å². The first kappa shape index (κ1) is 27.2. The number of carbonyl (C=O) groups is 3. The third-order valence-corrected chi connectivity index (χ3v) is 4.53. The Hall–Kier alpha value is -2.81. The topological polar surface area (TPSA) is 91.4 Å². The van der Waals surface area contributed by atoms with Gasteiger partial charge in [0, 0.05) is 20.6 Å². The second-order valence-electron chi connectivity index (χ2n) is 8.92. The molecule has 1 aromatic carbocycles. The molecular formula is C23H38N4O5. The Labute approximate surface area is 191 Å². The van der Waals surface area contributed by atoms with Crippen molar-refractivity contribution < 1.29 is 23.9 Å². The lowest BCUT2D eigenvalue weighted by atomic mass is 10.1. The Kier molecular flexibility index (Phi) is 10.5. The van der Waals surface area contributed by atoms with Crippen molar-refractivity contribution in [3.63, 3.8) is 0 Å². The van der Waals surface area contributed by atoms with Crippen LogP contribution in [0.1, 0.15) is 33.3 Å². The fourth-order valence-corrected chi connectivity index (χ4v) is 3.06. The van der Waals surface area contributed by atoms with Crippen LogP contribution in [-0.2, 0) is 20.9 Å². The number of carbonyl (C=O) groups excluding carboxylic acids is 3. The standard InChI is InChI=1S/C21H31N3O5.C2H7N/c1-15-12-24(19(26)28-14-16-10-8-7-9-11-16)17(18(25)22(5)6)13-23(15)20(27)29-21(2,3)4;1-3-2/h7-11,15,17H,12-14H2,1-6H3;3H,1-2H3/t15-,17-;/m1./s1. The molecule has 1 saturated heterocycles. The SMILES string of the molecule is CNC.C[C@@H]1CN(C(=O)OCc2ccccc2)[C@@H](C(=O)N(C)C)CN1C(=O)OC(C)(C)C. The maximum absolute atomic E-state index is 12.8. The first-order valence-electron chi connectivity index (χ1n) is 10.7. The van der Waals surface area contributed by atoms with Crippen molar-refractivity contribution in [1.82, 2.24) is 20.0 Å². The summed E-state index contributed by atoms with van der Waals surface area (Å²) in [5.41, 5.74) is 0.209. The number of amides is 3. The summed E-state index contributed by atoms with van der Waals surface area (Å²) in [5.74, 6) is -0.276. The number of hydrogen-bond donors (Lipinski definition) is 1. The number of rotatable bonds is 3. The van der Waals surface area contributed by atoms with Crippen molar-refractivity contribution >= 4 is 18.1 Å². The molecule has 1 N–H and O–H groups in total. The third kappa shape index (κ3) is 8.37. The van der Waals surface area contributed by atoms with Crippen molar-refractivity contribution in [2.24, 2.45) is 0 Å². The Bertz CT molecular complexity index is 749. The van der Waals surface area contributed by atoms with Gasteiger partial charge in [0.05, 0.1) is 12.6 Å². The highest BCUT2D eigenvalue weighted by Gasteiger charge is 2.42. The Morgan fingerprint density at radius 2 is 1.59 bits per heavy atom. The first-order valence-corrected chi connectivity index (χ1v) is 10.7. The van der Waals surface area contributed by atoms with Gasteiger partial charge in [-0.2, -0.15) is 0 Å². The molecule has 0 aliphatic carbocycles. The van der Waals surface area contributed by atoms with E-state index in [1.807, 2.05) is 51.4 Å². The number of benzene rings is 1. The number of likely N-dealkylation sites (N-methyl/N-ethyl adjacent to an activating group) is 1. The van der Waals surface area contributed by atoms with Gasteiger partial charge in [0.2, 0.25) is 5.91 Å². The van der Waals surface area contributed by atoms with Crippen LogP contribution in [-0.4, -0.2) is 91.8 Å². The summed E-state index contributed by atoms with van der Waals surface area (Å²) in [6.07, 6.45) is -1.08. The number of nitrogens with one attached hydrogen (secondary N) is 1. The molecule has 3 amide bonds. The molecule has 1 heterocycles. The predicted molar refractivity (Wildman–Crippen MR) is 123 cm³/mol. The van der Waals surface area contributed by atoms with E-state index in [1.54, 1.807) is 34.9 Å². The molecule has 0 radical (unpaired) electrons. The normalized spacial score (nSPS) is 18.2. The van der Waals surface area contributed by atoms with Gasteiger partial charge in [0.1, 0.15) is 18.2 Å². The minimum Gasteiger partial charge on any atom is -0.445 e. The van der Waals surface area contributed by atoms with Gasteiger partial charge in [0.25, 0.3) is 0 Å². The highest BCUT2D eigenvalue weighted by molar-refractivity contribution is 5.86. The summed E-state index contributed by atoms with van der Waals surface area (Å²) in [4.78, 5) is 42.4. The van der Waals surface area contributed by atoms with Crippen molar-refractivity contribution in [3.05, 3.63) is 35.9 Å². The molecule has 2 rings (SSSR count). The van der Waals surface area contributed by atoms with Gasteiger partial charge in [-0.3, -0.25) is 9.69 Å². The number of ether oxygens (including phenoxy) is 2. The van der Waals surface area contributed by atoms with Crippen molar-refractivity contribution in [2.45, 2.75) is 52.0 Å². The van der Waals surface area contributed by atoms with Crippen LogP contribution in [0.25, 0.3) is 0 Å². The zero-order valence-electron chi connectivity index (χ0n) is 20.5. The van der Waals surface area contributed by atoms with Gasteiger partial charge in [-0.15, -0.1) is 0 Å². The fraction of sp³-hybridized carbons (Fsp3) is 0.609. The van der Waals surface area contributed by atoms with Crippen molar-refractivity contribution in [2.75, 3.05) is 41.3 Å². The lowest BCUT2D eigenvalue weighted by Crippen LogP contribution is -2.64. The number of nitrogens with zero attached hydrogens (tertiary/aromatic N) is 3. The maximum atomic E-state index is 12.8. The van der Waals surface area contributed by atoms with Gasteiger partial charge >= 0.3 is 12.2 Å². The van der Waals surface area contributed by atoms with Crippen LogP contribution in [0, 0.1) is 0 Å². The molecule has 0 unspecified atom stereocenters. The van der Waals surface area contributed by atoms with Crippen LogP contribution in [0.5, 0.6) is 0 Å². The van der Waals surface area contributed by atoms with E-state index in [4.69, 9.17) is 9.47 Å². The lowest BCUT2D eigenvalue weighted by molar-refractivity contribution is -0.136. The average molecular weight is 451 g/mol. The van der Waals surface area contributed by atoms with Gasteiger partial charge in [0.15, 0.2) is 0 Å². The molecule has 2 atom stereocenters. The quantitative estimate of drug-likeness (QED) is 0.761. The second kappa shape index (κ2) is 12.3. The summed E-state index contributed by atoms with van der Waals surface area (Å²) in [6.45, 7) is 7.52. The van der Waals surface area contributed by atoms with Gasteiger partial charge in [-0.05, 0) is 47.4 Å². The van der Waals surface area contributed by atoms with Gasteiger partial charge in [-0.25, -0.2) is 9.59 Å². The Balaban J connectivity index is 0.00000161. The minimum atomic E-state index is -0.836. The van der Waals surface area contributed by atoms with Crippen LogP contribution in [0.3, 0.4) is 0 Å². The van der Waals surface area contributed by atoms with Crippen LogP contribution in [0.15, 0.2) is 30.3 Å². The molecule has 0 spiro atoms. The second-order valence-corrected chi connectivity index (χ2v) is 8.92. The summed E-state index contributed by atoms with van der Waals surface area (Å²) < 4.78 is 10.9. The first-order chi connectivity index (χ1) is 14.9. The van der Waals surface area contributed by atoms with Crippen molar-refractivity contribution in [1.29, 1.82) is 0 Å². The molecular weight excluding hydrogens is 412 g/mol. The Morgan fingerprint density at radius 3 is 2.09 bits per heavy atom. The van der Waals surface area contributed by atoms with E-state index in [9.17, 15) is 14.4 Å². The minimum absolute atomic E-state index is 0.0491. The van der Waals surface area contributed by atoms with Crippen LogP contribution in [0.2, 0.25) is 0 Å². The molecule has 1 aromatic rings. The van der Waals surface area contributed by atoms with E-state index in [-0.39, 0.29) is 31.6 Å². The average Bonchev–Trinajstić information content (AvgIpc) is 2.71. The van der Waals surface area contributed by atoms with E-state index in [0.29, 0.717) is 0 Å².